The molecule has 0 unspecified atom stereocenters. The minimum atomic E-state index is -0.671. The monoisotopic (exact) mass is 1200 g/mol. The van der Waals surface area contributed by atoms with E-state index in [1.54, 1.807) is 14.2 Å². The number of halogens is 4. The van der Waals surface area contributed by atoms with Crippen LogP contribution in [0.5, 0.6) is 0 Å². The van der Waals surface area contributed by atoms with Gasteiger partial charge in [0.05, 0.1) is 66.1 Å². The summed E-state index contributed by atoms with van der Waals surface area (Å²) in [5, 5.41) is 0. The minimum Gasteiger partial charge on any atom is -0.665 e. The van der Waals surface area contributed by atoms with Gasteiger partial charge in [0.25, 0.3) is 0 Å². The van der Waals surface area contributed by atoms with E-state index in [-0.39, 0.29) is 21.7 Å². The van der Waals surface area contributed by atoms with Crippen molar-refractivity contribution in [1.82, 2.24) is 38.6 Å². The molecule has 4 aliphatic heterocycles. The molecule has 0 atom stereocenters. The predicted octanol–water partition coefficient (Wildman–Crippen LogP) is 8.72. The molecule has 4 saturated heterocycles. The number of hydrogen-bond donors (Lipinski definition) is 0. The maximum absolute atomic E-state index is 14.3. The number of benzene rings is 2. The molecule has 458 valence electrons. The van der Waals surface area contributed by atoms with Crippen LogP contribution in [0.15, 0.2) is 115 Å². The van der Waals surface area contributed by atoms with Crippen LogP contribution in [0.2, 0.25) is 0 Å². The van der Waals surface area contributed by atoms with Gasteiger partial charge in [-0.3, -0.25) is 24.5 Å². The van der Waals surface area contributed by atoms with Crippen molar-refractivity contribution in [2.24, 2.45) is 0 Å². The van der Waals surface area contributed by atoms with Gasteiger partial charge in [-0.1, -0.05) is 25.5 Å². The van der Waals surface area contributed by atoms with E-state index in [0.717, 1.165) is 198 Å². The Bertz CT molecular complexity index is 2550. The van der Waals surface area contributed by atoms with E-state index in [4.69, 9.17) is 28.4 Å². The van der Waals surface area contributed by atoms with E-state index in [2.05, 4.69) is 88.0 Å². The van der Waals surface area contributed by atoms with Gasteiger partial charge in [0.1, 0.15) is 0 Å². The van der Waals surface area contributed by atoms with Crippen LogP contribution in [-0.4, -0.2) is 179 Å². The molecule has 0 aliphatic carbocycles. The molecule has 19 heteroatoms. The summed E-state index contributed by atoms with van der Waals surface area (Å²) in [5.41, 5.74) is 8.95. The van der Waals surface area contributed by atoms with E-state index in [0.29, 0.717) is 24.2 Å². The Morgan fingerprint density at radius 1 is 0.488 bits per heavy atom. The number of rotatable bonds is 20. The Hall–Kier alpha value is -5.03. The number of morpholine rings is 4. The normalized spacial score (nSPS) is 16.1. The number of ether oxygens (including phenoxy) is 6. The Morgan fingerprint density at radius 2 is 0.821 bits per heavy atom. The fraction of sp³-hybridized carbons (Fsp3) is 0.477. The van der Waals surface area contributed by atoms with Gasteiger partial charge in [-0.05, 0) is 24.3 Å². The minimum absolute atomic E-state index is 0. The molecule has 4 aliphatic rings. The molecule has 3 aromatic heterocycles. The molecule has 84 heavy (non-hydrogen) atoms. The van der Waals surface area contributed by atoms with Crippen molar-refractivity contribution in [2.75, 3.05) is 146 Å². The molecule has 0 amide bonds. The van der Waals surface area contributed by atoms with Crippen LogP contribution in [0.1, 0.15) is 50.9 Å². The maximum atomic E-state index is 14.3. The molecular formula is C65H85F4N8O6Ti-5. The van der Waals surface area contributed by atoms with Gasteiger partial charge < -0.3 is 42.5 Å². The third-order valence-corrected chi connectivity index (χ3v) is 14.7. The number of methoxy groups -OCH3 is 2. The first kappa shape index (κ1) is 68.1. The fourth-order valence-corrected chi connectivity index (χ4v) is 10.0. The van der Waals surface area contributed by atoms with Crippen LogP contribution in [0, 0.1) is 49.2 Å². The molecular weight excluding hydrogens is 1110 g/mol. The zero-order valence-corrected chi connectivity index (χ0v) is 51.2. The summed E-state index contributed by atoms with van der Waals surface area (Å²) in [7, 11) is 3.46. The van der Waals surface area contributed by atoms with Gasteiger partial charge in [-0.25, -0.2) is 41.8 Å². The second-order valence-electron chi connectivity index (χ2n) is 20.8. The van der Waals surface area contributed by atoms with Crippen LogP contribution in [0.4, 0.5) is 17.6 Å². The summed E-state index contributed by atoms with van der Waals surface area (Å²) in [6, 6.07) is 40.5. The number of hydrogen-bond acceptors (Lipinski definition) is 11. The summed E-state index contributed by atoms with van der Waals surface area (Å²) >= 11 is 0. The third kappa shape index (κ3) is 23.7. The topological polar surface area (TPSA) is 95.5 Å². The third-order valence-electron chi connectivity index (χ3n) is 14.7. The Morgan fingerprint density at radius 3 is 1.08 bits per heavy atom. The number of aromatic nitrogens is 3. The summed E-state index contributed by atoms with van der Waals surface area (Å²) in [4.78, 5) is 16.2. The summed E-state index contributed by atoms with van der Waals surface area (Å²) in [6.07, 6.45) is 0. The molecule has 4 aromatic carbocycles. The van der Waals surface area contributed by atoms with Crippen molar-refractivity contribution < 1.29 is 67.7 Å². The van der Waals surface area contributed by atoms with Gasteiger partial charge >= 0.3 is 0 Å². The number of nitrogens with zero attached hydrogens (tertiary/aromatic N) is 8. The molecule has 0 bridgehead atoms. The molecule has 14 nitrogen and oxygen atoms in total. The summed E-state index contributed by atoms with van der Waals surface area (Å²) in [6.45, 7) is 25.3. The molecule has 11 rings (SSSR count). The first-order valence-electron chi connectivity index (χ1n) is 29.0. The molecule has 0 saturated carbocycles. The van der Waals surface area contributed by atoms with Crippen LogP contribution in [0.25, 0.3) is 0 Å². The van der Waals surface area contributed by atoms with Gasteiger partial charge in [-0.15, -0.1) is 35.4 Å². The quantitative estimate of drug-likeness (QED) is 0.0415. The van der Waals surface area contributed by atoms with Gasteiger partial charge in [0.2, 0.25) is 0 Å². The second kappa shape index (κ2) is 38.2. The second-order valence-corrected chi connectivity index (χ2v) is 20.8. The van der Waals surface area contributed by atoms with E-state index in [1.807, 2.05) is 67.6 Å². The van der Waals surface area contributed by atoms with Crippen molar-refractivity contribution in [1.29, 1.82) is 0 Å². The zero-order valence-electron chi connectivity index (χ0n) is 49.6. The first-order valence-corrected chi connectivity index (χ1v) is 29.0. The molecule has 0 radical (unpaired) electrons. The molecule has 0 N–H and O–H groups in total. The summed E-state index contributed by atoms with van der Waals surface area (Å²) < 4.78 is 91.4. The van der Waals surface area contributed by atoms with Crippen molar-refractivity contribution in [3.05, 3.63) is 202 Å². The van der Waals surface area contributed by atoms with Gasteiger partial charge in [-0.2, -0.15) is 59.9 Å². The van der Waals surface area contributed by atoms with E-state index >= 15 is 0 Å². The average molecular weight is 1200 g/mol. The molecule has 0 spiro atoms. The maximum Gasteiger partial charge on any atom is 0.0594 e. The van der Waals surface area contributed by atoms with Crippen LogP contribution in [0.3, 0.4) is 0 Å². The van der Waals surface area contributed by atoms with E-state index in [9.17, 15) is 17.6 Å². The zero-order chi connectivity index (χ0) is 58.4. The molecule has 4 fully saturated rings. The molecule has 7 heterocycles. The van der Waals surface area contributed by atoms with Crippen LogP contribution < -0.4 is 4.98 Å². The number of aryl methyl sites for hydroxylation is 2. The Balaban J connectivity index is 0.000000189. The SMILES string of the molecule is COCCN(CCOC)Cc1cc(C)[n-]c1C.Fc1[c-]c(F)c(Cn2c(CN3CCOCC3)ccc2CN2CCOCC2)cc1.Fc1[c-]c(F)c(Cn2c(CN3CCOCC3)ccc2CN2CCOCC2)cc1.[Ti].c1cc[cH-]c1.c1cc[cH-]c1. The Kier molecular flexibility index (Phi) is 31.0. The predicted molar refractivity (Wildman–Crippen MR) is 314 cm³/mol. The Labute approximate surface area is 510 Å². The standard InChI is InChI=1S/2C21H26F2N3O2.C13H23N2O2.2C5H5.Ti/c2*22-18-2-1-17(21(23)13-18)14-26-19(15-24-5-9-27-10-6-24)3-4-20(26)16-25-7-11-28-12-8-25;1-11-9-13(12(2)14-11)10-15(5-7-16-3)6-8-17-4;2*1-2-4-5-3-1;/h2*1-4H,5-12,14-16H2;9H,5-8,10H2,1-4H3;2*1-5H;/q5*-1;. The summed E-state index contributed by atoms with van der Waals surface area (Å²) in [5.74, 6) is -2.58. The average Bonchev–Trinajstić information content (AvgIpc) is 4.57. The largest absolute Gasteiger partial charge is 0.665 e. The fourth-order valence-electron chi connectivity index (χ4n) is 10.0. The smallest absolute Gasteiger partial charge is 0.0594 e. The van der Waals surface area contributed by atoms with Crippen molar-refractivity contribution in [2.45, 2.75) is 59.7 Å². The van der Waals surface area contributed by atoms with Gasteiger partial charge in [0.15, 0.2) is 0 Å². The van der Waals surface area contributed by atoms with Crippen molar-refractivity contribution in [3.8, 4) is 0 Å². The van der Waals surface area contributed by atoms with Crippen molar-refractivity contribution in [3.63, 3.8) is 0 Å². The van der Waals surface area contributed by atoms with Crippen molar-refractivity contribution >= 4 is 0 Å². The van der Waals surface area contributed by atoms with E-state index in [1.165, 1.54) is 29.8 Å². The van der Waals surface area contributed by atoms with Crippen LogP contribution >= 0.6 is 0 Å². The molecule has 7 aromatic rings. The van der Waals surface area contributed by atoms with E-state index < -0.39 is 23.3 Å². The van der Waals surface area contributed by atoms with Crippen LogP contribution in [-0.2, 0) is 96.0 Å². The first-order chi connectivity index (χ1) is 40.5. The van der Waals surface area contributed by atoms with Gasteiger partial charge in [0, 0.05) is 193 Å².